The van der Waals surface area contributed by atoms with Gasteiger partial charge in [-0.1, -0.05) is 6.42 Å². The minimum atomic E-state index is 0.173. The molecule has 0 radical (unpaired) electrons. The maximum Gasteiger partial charge on any atom is 0.145 e. The normalized spacial score (nSPS) is 23.6. The molecule has 3 atom stereocenters. The van der Waals surface area contributed by atoms with Crippen molar-refractivity contribution in [3.8, 4) is 5.75 Å². The number of phenolic OH excluding ortho intramolecular Hbond substituents is 1. The molecule has 1 aliphatic carbocycles. The molecule has 164 valence electrons. The molecule has 1 aromatic carbocycles. The van der Waals surface area contributed by atoms with Crippen LogP contribution in [0.25, 0.3) is 21.9 Å². The summed E-state index contributed by atoms with van der Waals surface area (Å²) < 4.78 is 8.36. The molecule has 3 aromatic heterocycles. The lowest BCUT2D eigenvalue weighted by Crippen LogP contribution is -2.10. The zero-order chi connectivity index (χ0) is 21.7. The smallest absolute Gasteiger partial charge is 0.145 e. The number of phenols is 1. The number of anilines is 1. The quantitative estimate of drug-likeness (QED) is 0.455. The van der Waals surface area contributed by atoms with E-state index in [2.05, 4.69) is 43.2 Å². The predicted molar refractivity (Wildman–Crippen MR) is 124 cm³/mol. The summed E-state index contributed by atoms with van der Waals surface area (Å²) in [6.07, 6.45) is 10.5. The van der Waals surface area contributed by atoms with Crippen molar-refractivity contribution in [1.29, 1.82) is 0 Å². The molecular formula is C25H27N5O2. The summed E-state index contributed by atoms with van der Waals surface area (Å²) in [5.41, 5.74) is 4.16. The number of fused-ring (bicyclic) bond motifs is 4. The fraction of sp³-hybridized carbons (Fsp3) is 0.400. The number of aromatic hydroxyl groups is 1. The van der Waals surface area contributed by atoms with Crippen molar-refractivity contribution in [1.82, 2.24) is 19.5 Å². The Morgan fingerprint density at radius 3 is 3.00 bits per heavy atom. The number of aryl methyl sites for hydroxylation is 1. The second-order valence-electron chi connectivity index (χ2n) is 9.03. The lowest BCUT2D eigenvalue weighted by molar-refractivity contribution is 0.00201. The van der Waals surface area contributed by atoms with E-state index in [4.69, 9.17) is 4.74 Å². The van der Waals surface area contributed by atoms with Crippen LogP contribution in [0.2, 0.25) is 0 Å². The highest BCUT2D eigenvalue weighted by molar-refractivity contribution is 5.83. The molecule has 3 unspecified atom stereocenters. The monoisotopic (exact) mass is 429 g/mol. The molecule has 0 bridgehead atoms. The fourth-order valence-corrected chi connectivity index (χ4v) is 5.34. The molecule has 2 fully saturated rings. The molecule has 0 amide bonds. The van der Waals surface area contributed by atoms with E-state index < -0.39 is 0 Å². The first-order valence-corrected chi connectivity index (χ1v) is 11.5. The van der Waals surface area contributed by atoms with Crippen LogP contribution in [0.4, 0.5) is 5.82 Å². The molecule has 7 heteroatoms. The van der Waals surface area contributed by atoms with Crippen LogP contribution in [0.3, 0.4) is 0 Å². The van der Waals surface area contributed by atoms with Crippen molar-refractivity contribution >= 4 is 27.8 Å². The van der Waals surface area contributed by atoms with Gasteiger partial charge in [0.15, 0.2) is 0 Å². The highest BCUT2D eigenvalue weighted by Crippen LogP contribution is 2.43. The van der Waals surface area contributed by atoms with E-state index in [1.165, 1.54) is 24.8 Å². The molecule has 1 saturated carbocycles. The average molecular weight is 430 g/mol. The van der Waals surface area contributed by atoms with Gasteiger partial charge in [-0.25, -0.2) is 15.0 Å². The van der Waals surface area contributed by atoms with E-state index >= 15 is 0 Å². The van der Waals surface area contributed by atoms with Gasteiger partial charge in [-0.3, -0.25) is 0 Å². The first kappa shape index (κ1) is 19.5. The zero-order valence-electron chi connectivity index (χ0n) is 18.2. The number of hydrogen-bond donors (Lipinski definition) is 2. The van der Waals surface area contributed by atoms with E-state index in [1.807, 2.05) is 13.0 Å². The summed E-state index contributed by atoms with van der Waals surface area (Å²) in [5.74, 6) is 1.99. The van der Waals surface area contributed by atoms with E-state index in [9.17, 15) is 5.11 Å². The predicted octanol–water partition coefficient (Wildman–Crippen LogP) is 4.74. The van der Waals surface area contributed by atoms with Gasteiger partial charge in [0.2, 0.25) is 0 Å². The van der Waals surface area contributed by atoms with Crippen LogP contribution >= 0.6 is 0 Å². The Morgan fingerprint density at radius 1 is 1.16 bits per heavy atom. The molecule has 3 aliphatic rings. The van der Waals surface area contributed by atoms with Gasteiger partial charge in [0.05, 0.1) is 17.3 Å². The first-order valence-electron chi connectivity index (χ1n) is 11.5. The summed E-state index contributed by atoms with van der Waals surface area (Å²) in [6, 6.07) is 9.52. The molecule has 0 spiro atoms. The van der Waals surface area contributed by atoms with Gasteiger partial charge < -0.3 is 19.7 Å². The number of benzene rings is 1. The zero-order valence-corrected chi connectivity index (χ0v) is 18.2. The van der Waals surface area contributed by atoms with Crippen molar-refractivity contribution in [2.45, 2.75) is 51.4 Å². The second-order valence-corrected chi connectivity index (χ2v) is 9.03. The number of aromatic nitrogens is 4. The van der Waals surface area contributed by atoms with Crippen LogP contribution < -0.4 is 5.32 Å². The van der Waals surface area contributed by atoms with Gasteiger partial charge in [0.1, 0.15) is 29.8 Å². The third-order valence-corrected chi connectivity index (χ3v) is 7.01. The van der Waals surface area contributed by atoms with Gasteiger partial charge in [0, 0.05) is 29.6 Å². The Hall–Kier alpha value is -3.19. The summed E-state index contributed by atoms with van der Waals surface area (Å²) in [4.78, 5) is 13.1. The Morgan fingerprint density at radius 2 is 2.09 bits per heavy atom. The number of hydrogen-bond acceptors (Lipinski definition) is 6. The topological polar surface area (TPSA) is 85.1 Å². The summed E-state index contributed by atoms with van der Waals surface area (Å²) in [5, 5.41) is 14.8. The van der Waals surface area contributed by atoms with E-state index in [1.54, 1.807) is 18.5 Å². The maximum absolute atomic E-state index is 9.32. The summed E-state index contributed by atoms with van der Waals surface area (Å²) >= 11 is 0. The molecule has 7 nitrogen and oxygen atoms in total. The molecule has 2 N–H and O–H groups in total. The first-order chi connectivity index (χ1) is 15.7. The van der Waals surface area contributed by atoms with Crippen molar-refractivity contribution in [2.75, 3.05) is 11.9 Å². The molecule has 5 heterocycles. The fourth-order valence-electron chi connectivity index (χ4n) is 5.34. The molecule has 7 rings (SSSR count). The molecule has 32 heavy (non-hydrogen) atoms. The van der Waals surface area contributed by atoms with E-state index in [-0.39, 0.29) is 12.0 Å². The van der Waals surface area contributed by atoms with Crippen LogP contribution in [0.5, 0.6) is 5.75 Å². The highest BCUT2D eigenvalue weighted by atomic mass is 16.5. The SMILES string of the molecule is Cc1ncnc2c1ccn2C1CC2CCCC2O1.Oc1ccc2cc3c(nc2c1)NCC3. The van der Waals surface area contributed by atoms with Crippen LogP contribution in [-0.2, 0) is 11.2 Å². The molecular weight excluding hydrogens is 402 g/mol. The minimum absolute atomic E-state index is 0.173. The number of nitrogens with zero attached hydrogens (tertiary/aromatic N) is 4. The Bertz CT molecular complexity index is 1290. The lowest BCUT2D eigenvalue weighted by Gasteiger charge is -2.15. The lowest BCUT2D eigenvalue weighted by atomic mass is 10.0. The van der Waals surface area contributed by atoms with Gasteiger partial charge in [-0.15, -0.1) is 0 Å². The number of pyridine rings is 1. The van der Waals surface area contributed by atoms with Crippen LogP contribution in [0.15, 0.2) is 42.9 Å². The Kier molecular flexibility index (Phi) is 4.72. The second kappa shape index (κ2) is 7.74. The van der Waals surface area contributed by atoms with Gasteiger partial charge in [-0.2, -0.15) is 0 Å². The van der Waals surface area contributed by atoms with Gasteiger partial charge >= 0.3 is 0 Å². The molecule has 2 aliphatic heterocycles. The molecule has 4 aromatic rings. The minimum Gasteiger partial charge on any atom is -0.508 e. The maximum atomic E-state index is 9.32. The number of nitrogens with one attached hydrogen (secondary N) is 1. The summed E-state index contributed by atoms with van der Waals surface area (Å²) in [7, 11) is 0. The van der Waals surface area contributed by atoms with Crippen molar-refractivity contribution in [3.05, 3.63) is 54.1 Å². The standard InChI is InChI=1S/C14H17N3O.C11H10N2O/c1-9-11-5-6-17(14(11)16-8-15-9)13-7-10-3-2-4-12(10)18-13;14-9-2-1-7-5-8-3-4-12-11(8)13-10(7)6-9/h5-6,8,10,12-13H,2-4,7H2,1H3;1-2,5-6,14H,3-4H2,(H,12,13). The van der Waals surface area contributed by atoms with Crippen molar-refractivity contribution in [2.24, 2.45) is 5.92 Å². The van der Waals surface area contributed by atoms with Gasteiger partial charge in [-0.05, 0) is 68.4 Å². The van der Waals surface area contributed by atoms with E-state index in [0.29, 0.717) is 6.10 Å². The largest absolute Gasteiger partial charge is 0.508 e. The molecule has 1 saturated heterocycles. The third-order valence-electron chi connectivity index (χ3n) is 7.01. The van der Waals surface area contributed by atoms with Crippen molar-refractivity contribution < 1.29 is 9.84 Å². The Labute approximate surface area is 186 Å². The van der Waals surface area contributed by atoms with Gasteiger partial charge in [0.25, 0.3) is 0 Å². The van der Waals surface area contributed by atoms with Crippen LogP contribution in [-0.4, -0.2) is 37.3 Å². The summed E-state index contributed by atoms with van der Waals surface area (Å²) in [6.45, 7) is 2.99. The van der Waals surface area contributed by atoms with Crippen LogP contribution in [0.1, 0.15) is 43.2 Å². The highest BCUT2D eigenvalue weighted by Gasteiger charge is 2.39. The van der Waals surface area contributed by atoms with Crippen LogP contribution in [0, 0.1) is 12.8 Å². The Balaban J connectivity index is 0.000000126. The average Bonchev–Trinajstić information content (AvgIpc) is 3.55. The van der Waals surface area contributed by atoms with Crippen molar-refractivity contribution in [3.63, 3.8) is 0 Å². The number of rotatable bonds is 1. The number of ether oxygens (including phenoxy) is 1. The third kappa shape index (κ3) is 3.37. The van der Waals surface area contributed by atoms with E-state index in [0.717, 1.165) is 58.8 Å².